The van der Waals surface area contributed by atoms with Crippen molar-refractivity contribution in [2.75, 3.05) is 0 Å². The fourth-order valence-electron chi connectivity index (χ4n) is 1.48. The number of rotatable bonds is 6. The third kappa shape index (κ3) is 5.15. The van der Waals surface area contributed by atoms with Gasteiger partial charge in [0.15, 0.2) is 0 Å². The van der Waals surface area contributed by atoms with E-state index in [0.29, 0.717) is 6.04 Å². The third-order valence-corrected chi connectivity index (χ3v) is 4.92. The first kappa shape index (κ1) is 14.9. The Morgan fingerprint density at radius 3 is 2.74 bits per heavy atom. The van der Waals surface area contributed by atoms with E-state index in [0.717, 1.165) is 17.3 Å². The van der Waals surface area contributed by atoms with Gasteiger partial charge in [0.2, 0.25) is 0 Å². The molecule has 19 heavy (non-hydrogen) atoms. The molecule has 1 heterocycles. The second-order valence-corrected chi connectivity index (χ2v) is 7.18. The molecule has 0 unspecified atom stereocenters. The number of nitrogens with zero attached hydrogens (tertiary/aromatic N) is 1. The average molecular weight is 313 g/mol. The van der Waals surface area contributed by atoms with Gasteiger partial charge in [-0.2, -0.15) is 0 Å². The van der Waals surface area contributed by atoms with E-state index in [2.05, 4.69) is 24.1 Å². The molecule has 0 aliphatic carbocycles. The first-order chi connectivity index (χ1) is 9.13. The molecule has 0 saturated heterocycles. The third-order valence-electron chi connectivity index (χ3n) is 2.46. The quantitative estimate of drug-likeness (QED) is 0.790. The lowest BCUT2D eigenvalue weighted by Crippen LogP contribution is -2.21. The molecule has 0 spiro atoms. The summed E-state index contributed by atoms with van der Waals surface area (Å²) < 4.78 is 0. The molecule has 0 saturated carbocycles. The average Bonchev–Trinajstić information content (AvgIpc) is 2.84. The van der Waals surface area contributed by atoms with Crippen molar-refractivity contribution >= 4 is 34.7 Å². The predicted molar refractivity (Wildman–Crippen MR) is 85.1 cm³/mol. The summed E-state index contributed by atoms with van der Waals surface area (Å²) in [6.07, 6.45) is 1.97. The van der Waals surface area contributed by atoms with E-state index in [1.807, 2.05) is 30.5 Å². The monoisotopic (exact) mass is 312 g/mol. The Morgan fingerprint density at radius 2 is 2.05 bits per heavy atom. The number of benzene rings is 1. The van der Waals surface area contributed by atoms with Crippen LogP contribution in [0.25, 0.3) is 0 Å². The van der Waals surface area contributed by atoms with Crippen LogP contribution in [0.5, 0.6) is 0 Å². The second-order valence-electron chi connectivity index (χ2n) is 4.50. The summed E-state index contributed by atoms with van der Waals surface area (Å²) in [6.45, 7) is 5.21. The fraction of sp³-hybridized carbons (Fsp3) is 0.357. The van der Waals surface area contributed by atoms with Crippen molar-refractivity contribution in [3.05, 3.63) is 45.4 Å². The minimum absolute atomic E-state index is 0.508. The summed E-state index contributed by atoms with van der Waals surface area (Å²) in [5.74, 6) is 0.911. The van der Waals surface area contributed by atoms with Crippen molar-refractivity contribution < 1.29 is 0 Å². The first-order valence-corrected chi connectivity index (χ1v) is 8.37. The minimum Gasteiger partial charge on any atom is -0.310 e. The molecule has 5 heteroatoms. The molecule has 0 aliphatic rings. The van der Waals surface area contributed by atoms with E-state index in [9.17, 15) is 0 Å². The Kier molecular flexibility index (Phi) is 5.70. The van der Waals surface area contributed by atoms with Crippen LogP contribution in [0.1, 0.15) is 23.7 Å². The number of hydrogen-bond donors (Lipinski definition) is 1. The Morgan fingerprint density at radius 1 is 1.32 bits per heavy atom. The van der Waals surface area contributed by atoms with Crippen LogP contribution < -0.4 is 5.32 Å². The van der Waals surface area contributed by atoms with E-state index >= 15 is 0 Å². The zero-order valence-electron chi connectivity index (χ0n) is 11.0. The van der Waals surface area contributed by atoms with Crippen molar-refractivity contribution in [1.82, 2.24) is 10.3 Å². The van der Waals surface area contributed by atoms with Crippen LogP contribution in [0.3, 0.4) is 0 Å². The number of nitrogens with one attached hydrogen (secondary N) is 1. The summed E-state index contributed by atoms with van der Waals surface area (Å²) in [7, 11) is 0. The highest BCUT2D eigenvalue weighted by Crippen LogP contribution is 2.26. The van der Waals surface area contributed by atoms with Crippen molar-refractivity contribution in [2.45, 2.75) is 37.1 Å². The van der Waals surface area contributed by atoms with Crippen LogP contribution in [0, 0.1) is 0 Å². The highest BCUT2D eigenvalue weighted by atomic mass is 35.5. The summed E-state index contributed by atoms with van der Waals surface area (Å²) in [6, 6.07) is 8.44. The molecular formula is C14H17ClN2S2. The Balaban J connectivity index is 1.84. The van der Waals surface area contributed by atoms with Gasteiger partial charge in [0.05, 0.1) is 5.75 Å². The summed E-state index contributed by atoms with van der Waals surface area (Å²) in [5, 5.41) is 5.35. The van der Waals surface area contributed by atoms with E-state index in [1.54, 1.807) is 23.1 Å². The SMILES string of the molecule is CC(C)NCc1cnc(CSc2ccc(Cl)cc2)s1. The molecule has 0 bridgehead atoms. The lowest BCUT2D eigenvalue weighted by molar-refractivity contribution is 0.593. The summed E-state index contributed by atoms with van der Waals surface area (Å²) >= 11 is 9.43. The fourth-order valence-corrected chi connectivity index (χ4v) is 3.38. The predicted octanol–water partition coefficient (Wildman–Crippen LogP) is 4.59. The molecule has 0 amide bonds. The molecule has 102 valence electrons. The Hall–Kier alpha value is -0.550. The van der Waals surface area contributed by atoms with Crippen molar-refractivity contribution in [2.24, 2.45) is 0 Å². The number of hydrogen-bond acceptors (Lipinski definition) is 4. The van der Waals surface area contributed by atoms with E-state index < -0.39 is 0 Å². The molecule has 0 fully saturated rings. The topological polar surface area (TPSA) is 24.9 Å². The van der Waals surface area contributed by atoms with Gasteiger partial charge in [-0.15, -0.1) is 23.1 Å². The molecule has 0 atom stereocenters. The maximum atomic E-state index is 5.87. The van der Waals surface area contributed by atoms with Crippen molar-refractivity contribution in [3.63, 3.8) is 0 Å². The van der Waals surface area contributed by atoms with Gasteiger partial charge in [-0.3, -0.25) is 0 Å². The molecule has 2 nitrogen and oxygen atoms in total. The maximum absolute atomic E-state index is 5.87. The normalized spacial score (nSPS) is 11.2. The van der Waals surface area contributed by atoms with Gasteiger partial charge < -0.3 is 5.32 Å². The minimum atomic E-state index is 0.508. The largest absolute Gasteiger partial charge is 0.310 e. The van der Waals surface area contributed by atoms with Gasteiger partial charge >= 0.3 is 0 Å². The van der Waals surface area contributed by atoms with E-state index in [1.165, 1.54) is 14.8 Å². The van der Waals surface area contributed by atoms with Gasteiger partial charge in [0.25, 0.3) is 0 Å². The second kappa shape index (κ2) is 7.29. The standard InChI is InChI=1S/C14H17ClN2S2/c1-10(2)16-7-13-8-17-14(19-13)9-18-12-5-3-11(15)4-6-12/h3-6,8,10,16H,7,9H2,1-2H3. The molecule has 1 aromatic heterocycles. The highest BCUT2D eigenvalue weighted by molar-refractivity contribution is 7.98. The molecule has 1 N–H and O–H groups in total. The van der Waals surface area contributed by atoms with E-state index in [4.69, 9.17) is 11.6 Å². The van der Waals surface area contributed by atoms with E-state index in [-0.39, 0.29) is 0 Å². The van der Waals surface area contributed by atoms with Crippen LogP contribution in [0.4, 0.5) is 0 Å². The molecule has 0 radical (unpaired) electrons. The lowest BCUT2D eigenvalue weighted by Gasteiger charge is -2.04. The molecular weight excluding hydrogens is 296 g/mol. The number of halogens is 1. The van der Waals surface area contributed by atoms with Crippen LogP contribution in [0.15, 0.2) is 35.4 Å². The van der Waals surface area contributed by atoms with Crippen molar-refractivity contribution in [3.8, 4) is 0 Å². The van der Waals surface area contributed by atoms with Crippen molar-refractivity contribution in [1.29, 1.82) is 0 Å². The maximum Gasteiger partial charge on any atom is 0.103 e. The number of thiazole rings is 1. The summed E-state index contributed by atoms with van der Waals surface area (Å²) in [4.78, 5) is 6.97. The van der Waals surface area contributed by atoms with Gasteiger partial charge in [0, 0.05) is 33.6 Å². The molecule has 1 aromatic carbocycles. The van der Waals surface area contributed by atoms with Crippen LogP contribution in [0.2, 0.25) is 5.02 Å². The molecule has 2 aromatic rings. The van der Waals surface area contributed by atoms with Crippen LogP contribution in [-0.4, -0.2) is 11.0 Å². The van der Waals surface area contributed by atoms with Crippen LogP contribution in [-0.2, 0) is 12.3 Å². The first-order valence-electron chi connectivity index (χ1n) is 6.19. The van der Waals surface area contributed by atoms with Crippen LogP contribution >= 0.6 is 34.7 Å². The number of thioether (sulfide) groups is 1. The van der Waals surface area contributed by atoms with Gasteiger partial charge in [-0.1, -0.05) is 25.4 Å². The van der Waals surface area contributed by atoms with Gasteiger partial charge in [-0.25, -0.2) is 4.98 Å². The Bertz CT molecular complexity index is 508. The van der Waals surface area contributed by atoms with Gasteiger partial charge in [0.1, 0.15) is 5.01 Å². The Labute approximate surface area is 127 Å². The number of aromatic nitrogens is 1. The molecule has 0 aliphatic heterocycles. The smallest absolute Gasteiger partial charge is 0.103 e. The summed E-state index contributed by atoms with van der Waals surface area (Å²) in [5.41, 5.74) is 0. The zero-order valence-corrected chi connectivity index (χ0v) is 13.4. The lowest BCUT2D eigenvalue weighted by atomic mass is 10.4. The molecule has 2 rings (SSSR count). The zero-order chi connectivity index (χ0) is 13.7. The van der Waals surface area contributed by atoms with Gasteiger partial charge in [-0.05, 0) is 24.3 Å². The highest BCUT2D eigenvalue weighted by Gasteiger charge is 2.04.